The maximum Gasteiger partial charge on any atom is 0.281 e. The Morgan fingerprint density at radius 1 is 1.18 bits per heavy atom. The number of alkyl halides is 2. The number of pyridine rings is 3. The zero-order valence-corrected chi connectivity index (χ0v) is 17.9. The van der Waals surface area contributed by atoms with E-state index in [0.29, 0.717) is 31.7 Å². The lowest BCUT2D eigenvalue weighted by molar-refractivity contribution is -0.117. The zero-order chi connectivity index (χ0) is 25.8. The maximum atomic E-state index is 13.7. The van der Waals surface area contributed by atoms with E-state index in [4.69, 9.17) is 8.85 Å². The van der Waals surface area contributed by atoms with Crippen LogP contribution in [-0.4, -0.2) is 56.8 Å². The van der Waals surface area contributed by atoms with Crippen molar-refractivity contribution in [2.75, 3.05) is 36.5 Å². The highest BCUT2D eigenvalue weighted by molar-refractivity contribution is 6.00. The van der Waals surface area contributed by atoms with Crippen LogP contribution in [0.15, 0.2) is 36.7 Å². The second-order valence-electron chi connectivity index (χ2n) is 8.22. The summed E-state index contributed by atoms with van der Waals surface area (Å²) in [7, 11) is 0. The quantitative estimate of drug-likeness (QED) is 0.479. The van der Waals surface area contributed by atoms with Crippen LogP contribution in [0.5, 0.6) is 0 Å². The predicted molar refractivity (Wildman–Crippen MR) is 121 cm³/mol. The van der Waals surface area contributed by atoms with Gasteiger partial charge in [0.1, 0.15) is 11.5 Å². The van der Waals surface area contributed by atoms with Crippen molar-refractivity contribution in [3.05, 3.63) is 42.4 Å². The molecule has 0 spiro atoms. The highest BCUT2D eigenvalue weighted by Gasteiger charge is 2.30. The van der Waals surface area contributed by atoms with Gasteiger partial charge in [0.25, 0.3) is 6.43 Å². The molecule has 174 valence electrons. The Bertz CT molecular complexity index is 1560. The van der Waals surface area contributed by atoms with E-state index in [2.05, 4.69) is 25.4 Å². The number of rotatable bonds is 5. The third-order valence-electron chi connectivity index (χ3n) is 5.89. The zero-order valence-electron chi connectivity index (χ0n) is 20.9. The highest BCUT2D eigenvalue weighted by atomic mass is 19.3. The molecule has 2 fully saturated rings. The Morgan fingerprint density at radius 2 is 2.00 bits per heavy atom. The fourth-order valence-electron chi connectivity index (χ4n) is 3.91. The van der Waals surface area contributed by atoms with Crippen molar-refractivity contribution in [1.29, 1.82) is 0 Å². The Labute approximate surface area is 197 Å². The van der Waals surface area contributed by atoms with Gasteiger partial charge in [-0.25, -0.2) is 23.3 Å². The number of ether oxygens (including phenoxy) is 1. The van der Waals surface area contributed by atoms with Crippen molar-refractivity contribution in [3.63, 3.8) is 0 Å². The summed E-state index contributed by atoms with van der Waals surface area (Å²) in [6, 6.07) is 1.11. The minimum atomic E-state index is -2.86. The molecule has 0 aromatic carbocycles. The summed E-state index contributed by atoms with van der Waals surface area (Å²) < 4.78 is 59.7. The fourth-order valence-corrected chi connectivity index (χ4v) is 3.91. The first-order valence-corrected chi connectivity index (χ1v) is 10.9. The van der Waals surface area contributed by atoms with Gasteiger partial charge in [-0.1, -0.05) is 0 Å². The first kappa shape index (κ1) is 17.7. The summed E-state index contributed by atoms with van der Waals surface area (Å²) in [4.78, 5) is 26.5. The SMILES string of the molecule is [2H]c1c(N2CCOCC2)c([2H])n2nc(-c3cnc(C(F)F)c4cnc(NC(=O)C5CC5)cc34)nc2c1[2H]. The minimum absolute atomic E-state index is 0.00980. The van der Waals surface area contributed by atoms with E-state index in [1.165, 1.54) is 23.0 Å². The summed E-state index contributed by atoms with van der Waals surface area (Å²) in [5.74, 6) is -0.00807. The van der Waals surface area contributed by atoms with Gasteiger partial charge in [-0.15, -0.1) is 5.10 Å². The normalized spacial score (nSPS) is 17.7. The fraction of sp³-hybridized carbons (Fsp3) is 0.348. The van der Waals surface area contributed by atoms with E-state index in [1.54, 1.807) is 0 Å². The Morgan fingerprint density at radius 3 is 2.76 bits per heavy atom. The smallest absolute Gasteiger partial charge is 0.281 e. The van der Waals surface area contributed by atoms with Crippen LogP contribution in [0.2, 0.25) is 0 Å². The van der Waals surface area contributed by atoms with Gasteiger partial charge in [0, 0.05) is 47.7 Å². The molecule has 0 atom stereocenters. The summed E-state index contributed by atoms with van der Waals surface area (Å²) in [5, 5.41) is 7.49. The van der Waals surface area contributed by atoms with Crippen LogP contribution < -0.4 is 10.2 Å². The van der Waals surface area contributed by atoms with Crippen LogP contribution in [0.1, 0.15) is 29.1 Å². The Hall–Kier alpha value is -3.73. The lowest BCUT2D eigenvalue weighted by atomic mass is 10.1. The van der Waals surface area contributed by atoms with Gasteiger partial charge in [-0.2, -0.15) is 0 Å². The molecule has 0 unspecified atom stereocenters. The molecular formula is C23H21F2N7O2. The van der Waals surface area contributed by atoms with Crippen molar-refractivity contribution in [2.24, 2.45) is 5.92 Å². The van der Waals surface area contributed by atoms with Gasteiger partial charge in [0.2, 0.25) is 5.91 Å². The number of aromatic nitrogens is 5. The molecule has 0 radical (unpaired) electrons. The first-order valence-electron chi connectivity index (χ1n) is 12.4. The maximum absolute atomic E-state index is 13.7. The standard InChI is InChI=1S/C23H21F2N7O2/c24-21(25)20-16-10-26-18(28-23(33)13-1-2-13)9-15(16)17(11-27-20)22-29-19-4-3-14(12-32(19)30-22)31-5-7-34-8-6-31/h3-4,9-13,21H,1-2,5-8H2,(H,26,28,33)/i3D,4D,12D. The van der Waals surface area contributed by atoms with Crippen LogP contribution in [0.25, 0.3) is 27.8 Å². The van der Waals surface area contributed by atoms with E-state index in [-0.39, 0.29) is 64.0 Å². The molecule has 1 saturated carbocycles. The van der Waals surface area contributed by atoms with Gasteiger partial charge in [0.05, 0.1) is 29.2 Å². The van der Waals surface area contributed by atoms with E-state index < -0.39 is 12.1 Å². The van der Waals surface area contributed by atoms with Gasteiger partial charge in [0.15, 0.2) is 11.5 Å². The molecule has 1 aliphatic carbocycles. The molecule has 11 heteroatoms. The van der Waals surface area contributed by atoms with Crippen LogP contribution >= 0.6 is 0 Å². The Kier molecular flexibility index (Phi) is 4.29. The average Bonchev–Trinajstić information content (AvgIpc) is 3.66. The number of halogens is 2. The number of carbonyl (C=O) groups is 1. The predicted octanol–water partition coefficient (Wildman–Crippen LogP) is 3.46. The lowest BCUT2D eigenvalue weighted by Crippen LogP contribution is -2.36. The second kappa shape index (κ2) is 8.24. The van der Waals surface area contributed by atoms with Crippen LogP contribution in [-0.2, 0) is 9.53 Å². The van der Waals surface area contributed by atoms with E-state index in [9.17, 15) is 13.6 Å². The van der Waals surface area contributed by atoms with E-state index >= 15 is 0 Å². The van der Waals surface area contributed by atoms with Crippen molar-refractivity contribution in [2.45, 2.75) is 19.3 Å². The molecule has 0 bridgehead atoms. The topological polar surface area (TPSA) is 97.5 Å². The number of fused-ring (bicyclic) bond motifs is 2. The summed E-state index contributed by atoms with van der Waals surface area (Å²) >= 11 is 0. The number of nitrogens with one attached hydrogen (secondary N) is 1. The van der Waals surface area contributed by atoms with Crippen LogP contribution in [0.3, 0.4) is 0 Å². The third kappa shape index (κ3) is 3.81. The molecule has 1 aliphatic heterocycles. The molecule has 2 aliphatic rings. The van der Waals surface area contributed by atoms with Crippen molar-refractivity contribution in [3.8, 4) is 11.4 Å². The van der Waals surface area contributed by atoms with E-state index in [1.807, 2.05) is 4.90 Å². The second-order valence-corrected chi connectivity index (χ2v) is 8.22. The monoisotopic (exact) mass is 468 g/mol. The number of anilines is 2. The largest absolute Gasteiger partial charge is 0.378 e. The summed E-state index contributed by atoms with van der Waals surface area (Å²) in [5.41, 5.74) is 0.0399. The first-order chi connectivity index (χ1) is 17.8. The number of carbonyl (C=O) groups excluding carboxylic acids is 1. The lowest BCUT2D eigenvalue weighted by Gasteiger charge is -2.28. The summed E-state index contributed by atoms with van der Waals surface area (Å²) in [6.07, 6.45) is 1.06. The molecule has 34 heavy (non-hydrogen) atoms. The molecule has 5 heterocycles. The van der Waals surface area contributed by atoms with Crippen molar-refractivity contribution < 1.29 is 22.4 Å². The van der Waals surface area contributed by atoms with Crippen LogP contribution in [0, 0.1) is 5.92 Å². The number of hydrogen-bond donors (Lipinski definition) is 1. The van der Waals surface area contributed by atoms with Crippen LogP contribution in [0.4, 0.5) is 20.3 Å². The molecule has 1 N–H and O–H groups in total. The number of amides is 1. The molecule has 6 rings (SSSR count). The number of hydrogen-bond acceptors (Lipinski definition) is 7. The van der Waals surface area contributed by atoms with Crippen molar-refractivity contribution in [1.82, 2.24) is 24.6 Å². The molecule has 4 aromatic rings. The molecule has 9 nitrogen and oxygen atoms in total. The Balaban J connectivity index is 1.51. The molecule has 1 saturated heterocycles. The third-order valence-corrected chi connectivity index (χ3v) is 5.89. The molecule has 1 amide bonds. The van der Waals surface area contributed by atoms with Gasteiger partial charge in [-0.3, -0.25) is 9.78 Å². The molecule has 4 aromatic heterocycles. The van der Waals surface area contributed by atoms with E-state index in [0.717, 1.165) is 12.8 Å². The number of nitrogens with zero attached hydrogens (tertiary/aromatic N) is 6. The minimum Gasteiger partial charge on any atom is -0.378 e. The van der Waals surface area contributed by atoms with Gasteiger partial charge < -0.3 is 15.0 Å². The van der Waals surface area contributed by atoms with Crippen molar-refractivity contribution >= 4 is 33.8 Å². The molecular weight excluding hydrogens is 444 g/mol. The highest BCUT2D eigenvalue weighted by Crippen LogP contribution is 2.34. The number of morpholine rings is 1. The average molecular weight is 468 g/mol. The summed E-state index contributed by atoms with van der Waals surface area (Å²) in [6.45, 7) is 1.82. The van der Waals surface area contributed by atoms with Gasteiger partial charge in [-0.05, 0) is 31.0 Å². The van der Waals surface area contributed by atoms with Gasteiger partial charge >= 0.3 is 0 Å².